The van der Waals surface area contributed by atoms with Crippen LogP contribution in [-0.4, -0.2) is 48.4 Å². The van der Waals surface area contributed by atoms with Crippen LogP contribution in [0.2, 0.25) is 0 Å². The first-order chi connectivity index (χ1) is 7.09. The summed E-state index contributed by atoms with van der Waals surface area (Å²) in [5.41, 5.74) is 1.12. The Morgan fingerprint density at radius 2 is 2.13 bits per heavy atom. The molecule has 0 aliphatic rings. The molecule has 1 aromatic rings. The van der Waals surface area contributed by atoms with Gasteiger partial charge in [-0.1, -0.05) is 6.07 Å². The number of hydrogen-bond donors (Lipinski definition) is 0. The fourth-order valence-corrected chi connectivity index (χ4v) is 1.23. The molecule has 15 heavy (non-hydrogen) atoms. The SMILES string of the molecule is CN(CC(=O)N(C)C)Cc1cccnc1. The molecule has 0 atom stereocenters. The lowest BCUT2D eigenvalue weighted by Gasteiger charge is -2.18. The smallest absolute Gasteiger partial charge is 0.236 e. The van der Waals surface area contributed by atoms with E-state index in [4.69, 9.17) is 0 Å². The molecule has 4 nitrogen and oxygen atoms in total. The molecule has 1 rings (SSSR count). The van der Waals surface area contributed by atoms with Crippen LogP contribution in [0.3, 0.4) is 0 Å². The Balaban J connectivity index is 2.43. The summed E-state index contributed by atoms with van der Waals surface area (Å²) in [5, 5.41) is 0. The molecular weight excluding hydrogens is 190 g/mol. The van der Waals surface area contributed by atoms with E-state index in [1.807, 2.05) is 30.3 Å². The van der Waals surface area contributed by atoms with Gasteiger partial charge in [0.05, 0.1) is 6.54 Å². The zero-order valence-electron chi connectivity index (χ0n) is 9.47. The summed E-state index contributed by atoms with van der Waals surface area (Å²) >= 11 is 0. The molecule has 0 fully saturated rings. The van der Waals surface area contributed by atoms with Gasteiger partial charge in [-0.2, -0.15) is 0 Å². The lowest BCUT2D eigenvalue weighted by molar-refractivity contribution is -0.129. The van der Waals surface area contributed by atoms with Gasteiger partial charge in [-0.3, -0.25) is 14.7 Å². The molecule has 0 unspecified atom stereocenters. The van der Waals surface area contributed by atoms with E-state index < -0.39 is 0 Å². The quantitative estimate of drug-likeness (QED) is 0.725. The minimum atomic E-state index is 0.112. The van der Waals surface area contributed by atoms with E-state index in [0.29, 0.717) is 6.54 Å². The van der Waals surface area contributed by atoms with Crippen molar-refractivity contribution in [3.63, 3.8) is 0 Å². The molecule has 0 aromatic carbocycles. The fourth-order valence-electron chi connectivity index (χ4n) is 1.23. The van der Waals surface area contributed by atoms with Gasteiger partial charge in [0.2, 0.25) is 5.91 Å². The Kier molecular flexibility index (Phi) is 4.24. The summed E-state index contributed by atoms with van der Waals surface area (Å²) in [5.74, 6) is 0.112. The predicted molar refractivity (Wildman–Crippen MR) is 59.3 cm³/mol. The molecule has 0 spiro atoms. The van der Waals surface area contributed by atoms with Gasteiger partial charge in [0, 0.05) is 33.0 Å². The predicted octanol–water partition coefficient (Wildman–Crippen LogP) is 0.602. The van der Waals surface area contributed by atoms with E-state index in [-0.39, 0.29) is 5.91 Å². The molecule has 0 bridgehead atoms. The molecule has 1 heterocycles. The van der Waals surface area contributed by atoms with Crippen molar-refractivity contribution in [1.29, 1.82) is 0 Å². The van der Waals surface area contributed by atoms with Crippen molar-refractivity contribution in [2.75, 3.05) is 27.7 Å². The third-order valence-electron chi connectivity index (χ3n) is 2.08. The number of hydrogen-bond acceptors (Lipinski definition) is 3. The third kappa shape index (κ3) is 4.08. The second kappa shape index (κ2) is 5.46. The first-order valence-electron chi connectivity index (χ1n) is 4.87. The van der Waals surface area contributed by atoms with Crippen molar-refractivity contribution >= 4 is 5.91 Å². The number of likely N-dealkylation sites (N-methyl/N-ethyl adjacent to an activating group) is 2. The van der Waals surface area contributed by atoms with Crippen LogP contribution in [-0.2, 0) is 11.3 Å². The number of amides is 1. The fraction of sp³-hybridized carbons (Fsp3) is 0.455. The topological polar surface area (TPSA) is 36.4 Å². The molecular formula is C11H17N3O. The van der Waals surface area contributed by atoms with Crippen molar-refractivity contribution in [3.8, 4) is 0 Å². The highest BCUT2D eigenvalue weighted by Crippen LogP contribution is 2.00. The Bertz CT molecular complexity index is 311. The van der Waals surface area contributed by atoms with Gasteiger partial charge < -0.3 is 4.90 Å². The number of carbonyl (C=O) groups excluding carboxylic acids is 1. The highest BCUT2D eigenvalue weighted by atomic mass is 16.2. The van der Waals surface area contributed by atoms with E-state index in [1.54, 1.807) is 25.2 Å². The van der Waals surface area contributed by atoms with Crippen LogP contribution in [0, 0.1) is 0 Å². The van der Waals surface area contributed by atoms with E-state index in [0.717, 1.165) is 12.1 Å². The van der Waals surface area contributed by atoms with Crippen LogP contribution >= 0.6 is 0 Å². The lowest BCUT2D eigenvalue weighted by Crippen LogP contribution is -2.34. The summed E-state index contributed by atoms with van der Waals surface area (Å²) in [6, 6.07) is 3.90. The third-order valence-corrected chi connectivity index (χ3v) is 2.08. The number of pyridine rings is 1. The van der Waals surface area contributed by atoms with Gasteiger partial charge in [0.1, 0.15) is 0 Å². The van der Waals surface area contributed by atoms with Crippen LogP contribution in [0.25, 0.3) is 0 Å². The maximum absolute atomic E-state index is 11.4. The molecule has 0 aliphatic carbocycles. The largest absolute Gasteiger partial charge is 0.348 e. The Morgan fingerprint density at radius 1 is 1.40 bits per heavy atom. The average molecular weight is 207 g/mol. The van der Waals surface area contributed by atoms with E-state index in [2.05, 4.69) is 4.98 Å². The summed E-state index contributed by atoms with van der Waals surface area (Å²) in [4.78, 5) is 19.0. The Labute approximate surface area is 90.5 Å². The van der Waals surface area contributed by atoms with E-state index >= 15 is 0 Å². The van der Waals surface area contributed by atoms with Gasteiger partial charge >= 0.3 is 0 Å². The van der Waals surface area contributed by atoms with Gasteiger partial charge in [0.25, 0.3) is 0 Å². The van der Waals surface area contributed by atoms with Gasteiger partial charge in [-0.25, -0.2) is 0 Å². The molecule has 1 aromatic heterocycles. The summed E-state index contributed by atoms with van der Waals surface area (Å²) in [6.07, 6.45) is 3.56. The molecule has 0 saturated heterocycles. The average Bonchev–Trinajstić information content (AvgIpc) is 2.18. The first-order valence-corrected chi connectivity index (χ1v) is 4.87. The summed E-state index contributed by atoms with van der Waals surface area (Å²) in [6.45, 7) is 1.18. The van der Waals surface area contributed by atoms with Crippen LogP contribution in [0.15, 0.2) is 24.5 Å². The molecule has 0 N–H and O–H groups in total. The first kappa shape index (κ1) is 11.7. The van der Waals surface area contributed by atoms with Gasteiger partial charge in [0.15, 0.2) is 0 Å². The van der Waals surface area contributed by atoms with Crippen LogP contribution < -0.4 is 0 Å². The maximum atomic E-state index is 11.4. The van der Waals surface area contributed by atoms with E-state index in [9.17, 15) is 4.79 Å². The minimum Gasteiger partial charge on any atom is -0.348 e. The van der Waals surface area contributed by atoms with Crippen molar-refractivity contribution < 1.29 is 4.79 Å². The minimum absolute atomic E-state index is 0.112. The molecule has 82 valence electrons. The monoisotopic (exact) mass is 207 g/mol. The Hall–Kier alpha value is -1.42. The van der Waals surface area contributed by atoms with Crippen molar-refractivity contribution in [2.24, 2.45) is 0 Å². The lowest BCUT2D eigenvalue weighted by atomic mass is 10.3. The van der Waals surface area contributed by atoms with Crippen LogP contribution in [0.1, 0.15) is 5.56 Å². The maximum Gasteiger partial charge on any atom is 0.236 e. The number of aromatic nitrogens is 1. The van der Waals surface area contributed by atoms with Crippen LogP contribution in [0.4, 0.5) is 0 Å². The second-order valence-corrected chi connectivity index (χ2v) is 3.82. The van der Waals surface area contributed by atoms with E-state index in [1.165, 1.54) is 0 Å². The highest BCUT2D eigenvalue weighted by Gasteiger charge is 2.08. The molecule has 0 radical (unpaired) electrons. The van der Waals surface area contributed by atoms with Gasteiger partial charge in [-0.15, -0.1) is 0 Å². The van der Waals surface area contributed by atoms with Crippen molar-refractivity contribution in [1.82, 2.24) is 14.8 Å². The standard InChI is InChI=1S/C11H17N3O/c1-13(2)11(15)9-14(3)8-10-5-4-6-12-7-10/h4-7H,8-9H2,1-3H3. The molecule has 0 aliphatic heterocycles. The van der Waals surface area contributed by atoms with Crippen molar-refractivity contribution in [3.05, 3.63) is 30.1 Å². The molecule has 0 saturated carbocycles. The van der Waals surface area contributed by atoms with Crippen LogP contribution in [0.5, 0.6) is 0 Å². The number of rotatable bonds is 4. The number of carbonyl (C=O) groups is 1. The van der Waals surface area contributed by atoms with Gasteiger partial charge in [-0.05, 0) is 18.7 Å². The number of nitrogens with zero attached hydrogens (tertiary/aromatic N) is 3. The summed E-state index contributed by atoms with van der Waals surface area (Å²) in [7, 11) is 5.45. The normalized spacial score (nSPS) is 10.4. The summed E-state index contributed by atoms with van der Waals surface area (Å²) < 4.78 is 0. The van der Waals surface area contributed by atoms with Crippen molar-refractivity contribution in [2.45, 2.75) is 6.54 Å². The second-order valence-electron chi connectivity index (χ2n) is 3.82. The molecule has 1 amide bonds. The zero-order valence-corrected chi connectivity index (χ0v) is 9.47. The highest BCUT2D eigenvalue weighted by molar-refractivity contribution is 5.77. The molecule has 4 heteroatoms. The Morgan fingerprint density at radius 3 is 2.67 bits per heavy atom. The zero-order chi connectivity index (χ0) is 11.3.